The zero-order valence-corrected chi connectivity index (χ0v) is 16.9. The highest BCUT2D eigenvalue weighted by Gasteiger charge is 2.22. The van der Waals surface area contributed by atoms with Gasteiger partial charge in [-0.1, -0.05) is 54.6 Å². The van der Waals surface area contributed by atoms with Crippen LogP contribution in [0.2, 0.25) is 0 Å². The van der Waals surface area contributed by atoms with Crippen LogP contribution < -0.4 is 0 Å². The van der Waals surface area contributed by atoms with Crippen molar-refractivity contribution in [1.82, 2.24) is 14.9 Å². The summed E-state index contributed by atoms with van der Waals surface area (Å²) in [6.07, 6.45) is 8.49. The third-order valence-corrected chi connectivity index (χ3v) is 5.79. The second-order valence-electron chi connectivity index (χ2n) is 7.91. The summed E-state index contributed by atoms with van der Waals surface area (Å²) in [5.74, 6) is 0.449. The first-order chi connectivity index (χ1) is 14.3. The summed E-state index contributed by atoms with van der Waals surface area (Å²) in [7, 11) is 0. The topological polar surface area (TPSA) is 49.3 Å². The fourth-order valence-corrected chi connectivity index (χ4v) is 4.15. The fraction of sp³-hybridized carbons (Fsp3) is 0.360. The van der Waals surface area contributed by atoms with Crippen LogP contribution in [-0.4, -0.2) is 39.6 Å². The molecule has 4 nitrogen and oxygen atoms in total. The van der Waals surface area contributed by atoms with Crippen molar-refractivity contribution in [3.05, 3.63) is 83.8 Å². The Bertz CT molecular complexity index is 895. The third kappa shape index (κ3) is 5.28. The molecule has 4 heteroatoms. The quantitative estimate of drug-likeness (QED) is 0.651. The Kier molecular flexibility index (Phi) is 6.65. The van der Waals surface area contributed by atoms with Gasteiger partial charge in [-0.05, 0) is 49.9 Å². The van der Waals surface area contributed by atoms with Gasteiger partial charge in [0.2, 0.25) is 0 Å². The van der Waals surface area contributed by atoms with Gasteiger partial charge in [0.25, 0.3) is 0 Å². The van der Waals surface area contributed by atoms with Crippen molar-refractivity contribution in [2.75, 3.05) is 19.6 Å². The van der Waals surface area contributed by atoms with Crippen LogP contribution in [0.25, 0.3) is 11.3 Å². The molecule has 0 saturated carbocycles. The Morgan fingerprint density at radius 3 is 2.59 bits per heavy atom. The number of aryl methyl sites for hydroxylation is 1. The van der Waals surface area contributed by atoms with Gasteiger partial charge >= 0.3 is 0 Å². The van der Waals surface area contributed by atoms with E-state index in [-0.39, 0.29) is 6.61 Å². The normalized spacial score (nSPS) is 17.3. The lowest BCUT2D eigenvalue weighted by atomic mass is 9.94. The molecule has 0 radical (unpaired) electrons. The third-order valence-electron chi connectivity index (χ3n) is 5.79. The van der Waals surface area contributed by atoms with Crippen LogP contribution in [0, 0.1) is 0 Å². The standard InChI is InChI=1S/C25H29N3O/c29-19-21-10-12-22(13-11-21)24-16-26-17-25(27-24)23-9-5-15-28(18-23)14-4-8-20-6-2-1-3-7-20/h1-3,6-7,10-13,16-17,23,29H,4-5,8-9,14-15,18-19H2. The summed E-state index contributed by atoms with van der Waals surface area (Å²) in [6, 6.07) is 18.7. The van der Waals surface area contributed by atoms with E-state index in [0.29, 0.717) is 5.92 Å². The molecule has 1 aromatic heterocycles. The van der Waals surface area contributed by atoms with Gasteiger partial charge in [-0.2, -0.15) is 0 Å². The minimum absolute atomic E-state index is 0.0637. The van der Waals surface area contributed by atoms with E-state index in [1.807, 2.05) is 36.7 Å². The molecular formula is C25H29N3O. The molecule has 1 fully saturated rings. The SMILES string of the molecule is OCc1ccc(-c2cncc(C3CCCN(CCCc4ccccc4)C3)n2)cc1. The van der Waals surface area contributed by atoms with Gasteiger partial charge in [-0.15, -0.1) is 0 Å². The Morgan fingerprint density at radius 1 is 0.966 bits per heavy atom. The number of hydrogen-bond acceptors (Lipinski definition) is 4. The van der Waals surface area contributed by atoms with Crippen LogP contribution in [0.15, 0.2) is 67.0 Å². The van der Waals surface area contributed by atoms with Crippen molar-refractivity contribution in [3.8, 4) is 11.3 Å². The molecule has 0 spiro atoms. The molecule has 1 saturated heterocycles. The zero-order valence-electron chi connectivity index (χ0n) is 16.9. The predicted octanol–water partition coefficient (Wildman–Crippen LogP) is 4.45. The molecule has 1 aliphatic rings. The Morgan fingerprint density at radius 2 is 1.79 bits per heavy atom. The molecule has 2 aromatic carbocycles. The van der Waals surface area contributed by atoms with E-state index in [2.05, 4.69) is 40.2 Å². The highest BCUT2D eigenvalue weighted by atomic mass is 16.3. The summed E-state index contributed by atoms with van der Waals surface area (Å²) < 4.78 is 0. The fourth-order valence-electron chi connectivity index (χ4n) is 4.15. The van der Waals surface area contributed by atoms with Crippen LogP contribution in [0.5, 0.6) is 0 Å². The van der Waals surface area contributed by atoms with E-state index in [4.69, 9.17) is 4.98 Å². The summed E-state index contributed by atoms with van der Waals surface area (Å²) in [4.78, 5) is 12.0. The minimum atomic E-state index is 0.0637. The molecule has 1 atom stereocenters. The van der Waals surface area contributed by atoms with Crippen molar-refractivity contribution in [2.45, 2.75) is 38.2 Å². The highest BCUT2D eigenvalue weighted by molar-refractivity contribution is 5.58. The van der Waals surface area contributed by atoms with Gasteiger partial charge in [0.15, 0.2) is 0 Å². The van der Waals surface area contributed by atoms with Crippen LogP contribution in [0.1, 0.15) is 42.0 Å². The molecule has 1 N–H and O–H groups in total. The van der Waals surface area contributed by atoms with Crippen LogP contribution in [0.4, 0.5) is 0 Å². The molecule has 4 rings (SSSR count). The Hall–Kier alpha value is -2.56. The van der Waals surface area contributed by atoms with Gasteiger partial charge in [-0.25, -0.2) is 4.98 Å². The van der Waals surface area contributed by atoms with Crippen LogP contribution in [0.3, 0.4) is 0 Å². The average molecular weight is 388 g/mol. The van der Waals surface area contributed by atoms with E-state index in [0.717, 1.165) is 42.0 Å². The molecule has 3 aromatic rings. The lowest BCUT2D eigenvalue weighted by molar-refractivity contribution is 0.204. The first-order valence-corrected chi connectivity index (χ1v) is 10.6. The van der Waals surface area contributed by atoms with Crippen molar-refractivity contribution in [1.29, 1.82) is 0 Å². The first kappa shape index (κ1) is 19.7. The molecule has 1 unspecified atom stereocenters. The summed E-state index contributed by atoms with van der Waals surface area (Å²) in [6.45, 7) is 3.45. The van der Waals surface area contributed by atoms with Crippen molar-refractivity contribution < 1.29 is 5.11 Å². The van der Waals surface area contributed by atoms with E-state index in [1.54, 1.807) is 0 Å². The molecule has 0 aliphatic carbocycles. The van der Waals surface area contributed by atoms with Crippen molar-refractivity contribution in [3.63, 3.8) is 0 Å². The van der Waals surface area contributed by atoms with E-state index >= 15 is 0 Å². The number of likely N-dealkylation sites (tertiary alicyclic amines) is 1. The molecule has 2 heterocycles. The maximum atomic E-state index is 9.23. The zero-order chi connectivity index (χ0) is 19.9. The number of piperidine rings is 1. The van der Waals surface area contributed by atoms with Gasteiger partial charge in [0.05, 0.1) is 24.2 Å². The summed E-state index contributed by atoms with van der Waals surface area (Å²) in [5, 5.41) is 9.23. The lowest BCUT2D eigenvalue weighted by Gasteiger charge is -2.32. The van der Waals surface area contributed by atoms with Gasteiger partial charge in [0, 0.05) is 24.2 Å². The molecule has 150 valence electrons. The maximum absolute atomic E-state index is 9.23. The Labute approximate surface area is 173 Å². The number of hydrogen-bond donors (Lipinski definition) is 1. The number of rotatable bonds is 7. The first-order valence-electron chi connectivity index (χ1n) is 10.6. The lowest BCUT2D eigenvalue weighted by Crippen LogP contribution is -2.35. The average Bonchev–Trinajstić information content (AvgIpc) is 2.80. The number of benzene rings is 2. The molecular weight excluding hydrogens is 358 g/mol. The second kappa shape index (κ2) is 9.77. The smallest absolute Gasteiger partial charge is 0.0888 e. The van der Waals surface area contributed by atoms with Crippen LogP contribution in [-0.2, 0) is 13.0 Å². The van der Waals surface area contributed by atoms with E-state index in [1.165, 1.54) is 31.4 Å². The molecule has 1 aliphatic heterocycles. The number of aliphatic hydroxyl groups is 1. The van der Waals surface area contributed by atoms with E-state index < -0.39 is 0 Å². The maximum Gasteiger partial charge on any atom is 0.0888 e. The molecule has 0 bridgehead atoms. The number of nitrogens with zero attached hydrogens (tertiary/aromatic N) is 3. The van der Waals surface area contributed by atoms with Crippen molar-refractivity contribution in [2.24, 2.45) is 0 Å². The highest BCUT2D eigenvalue weighted by Crippen LogP contribution is 2.27. The van der Waals surface area contributed by atoms with Gasteiger partial charge in [0.1, 0.15) is 0 Å². The minimum Gasteiger partial charge on any atom is -0.392 e. The molecule has 0 amide bonds. The van der Waals surface area contributed by atoms with Gasteiger partial charge in [-0.3, -0.25) is 4.98 Å². The summed E-state index contributed by atoms with van der Waals surface area (Å²) >= 11 is 0. The molecule has 29 heavy (non-hydrogen) atoms. The monoisotopic (exact) mass is 387 g/mol. The number of aromatic nitrogens is 2. The summed E-state index contributed by atoms with van der Waals surface area (Å²) in [5.41, 5.74) is 5.39. The van der Waals surface area contributed by atoms with Crippen molar-refractivity contribution >= 4 is 0 Å². The predicted molar refractivity (Wildman–Crippen MR) is 117 cm³/mol. The largest absolute Gasteiger partial charge is 0.392 e. The van der Waals surface area contributed by atoms with E-state index in [9.17, 15) is 5.11 Å². The second-order valence-corrected chi connectivity index (χ2v) is 7.91. The van der Waals surface area contributed by atoms with Crippen LogP contribution >= 0.6 is 0 Å². The number of aliphatic hydroxyl groups excluding tert-OH is 1. The Balaban J connectivity index is 1.37. The van der Waals surface area contributed by atoms with Gasteiger partial charge < -0.3 is 10.0 Å².